The highest BCUT2D eigenvalue weighted by Gasteiger charge is 2.26. The summed E-state index contributed by atoms with van der Waals surface area (Å²) in [5.41, 5.74) is 6.02. The number of hydrogen-bond donors (Lipinski definition) is 3. The number of H-pyrrole nitrogens is 1. The number of nitrogens with two attached hydrogens (primary N) is 1. The van der Waals surface area contributed by atoms with Crippen LogP contribution in [0.3, 0.4) is 0 Å². The summed E-state index contributed by atoms with van der Waals surface area (Å²) in [6.07, 6.45) is 1.57. The van der Waals surface area contributed by atoms with Gasteiger partial charge in [0, 0.05) is 25.1 Å². The van der Waals surface area contributed by atoms with Crippen molar-refractivity contribution in [1.82, 2.24) is 19.5 Å². The van der Waals surface area contributed by atoms with Crippen LogP contribution >= 0.6 is 0 Å². The second kappa shape index (κ2) is 5.17. The van der Waals surface area contributed by atoms with Crippen LogP contribution < -0.4 is 11.3 Å². The first-order valence-electron chi connectivity index (χ1n) is 6.86. The van der Waals surface area contributed by atoms with Crippen LogP contribution in [-0.4, -0.2) is 49.7 Å². The molecule has 9 heteroatoms. The molecular formula is C13H15N5O4. The average molecular weight is 305 g/mol. The predicted molar refractivity (Wildman–Crippen MR) is 75.9 cm³/mol. The monoisotopic (exact) mass is 305 g/mol. The van der Waals surface area contributed by atoms with E-state index in [4.69, 9.17) is 10.8 Å². The highest BCUT2D eigenvalue weighted by Crippen LogP contribution is 2.27. The minimum Gasteiger partial charge on any atom is -0.465 e. The highest BCUT2D eigenvalue weighted by atomic mass is 16.4. The summed E-state index contributed by atoms with van der Waals surface area (Å²) in [7, 11) is 0. The Balaban J connectivity index is 2.00. The number of aromatic nitrogens is 3. The van der Waals surface area contributed by atoms with Gasteiger partial charge in [-0.15, -0.1) is 0 Å². The van der Waals surface area contributed by atoms with Crippen molar-refractivity contribution in [2.24, 2.45) is 5.73 Å². The molecule has 22 heavy (non-hydrogen) atoms. The third-order valence-corrected chi connectivity index (χ3v) is 3.98. The van der Waals surface area contributed by atoms with Crippen molar-refractivity contribution >= 4 is 17.6 Å². The van der Waals surface area contributed by atoms with Crippen LogP contribution in [-0.2, 0) is 0 Å². The second-order valence-electron chi connectivity index (χ2n) is 5.29. The van der Waals surface area contributed by atoms with Crippen molar-refractivity contribution in [3.05, 3.63) is 33.9 Å². The largest absolute Gasteiger partial charge is 0.465 e. The van der Waals surface area contributed by atoms with E-state index in [0.29, 0.717) is 31.6 Å². The molecule has 1 saturated heterocycles. The van der Waals surface area contributed by atoms with E-state index in [1.165, 1.54) is 21.7 Å². The van der Waals surface area contributed by atoms with E-state index in [9.17, 15) is 14.4 Å². The molecule has 1 aliphatic rings. The Labute approximate surface area is 124 Å². The SMILES string of the molecule is NC(=O)c1cnn2c(C3CCN(C(=O)O)CC3)cc(=O)[nH]c12. The van der Waals surface area contributed by atoms with Gasteiger partial charge in [0.25, 0.3) is 11.5 Å². The Hall–Kier alpha value is -2.84. The molecule has 0 bridgehead atoms. The third kappa shape index (κ3) is 2.30. The van der Waals surface area contributed by atoms with Gasteiger partial charge in [-0.05, 0) is 12.8 Å². The molecule has 0 spiro atoms. The van der Waals surface area contributed by atoms with E-state index in [0.717, 1.165) is 0 Å². The molecule has 3 heterocycles. The minimum absolute atomic E-state index is 0.000950. The maximum atomic E-state index is 11.8. The van der Waals surface area contributed by atoms with Gasteiger partial charge in [-0.1, -0.05) is 0 Å². The number of hydrogen-bond acceptors (Lipinski definition) is 4. The summed E-state index contributed by atoms with van der Waals surface area (Å²) in [6.45, 7) is 0.802. The number of primary amides is 1. The summed E-state index contributed by atoms with van der Waals surface area (Å²) >= 11 is 0. The number of nitrogens with one attached hydrogen (secondary N) is 1. The molecule has 2 aromatic heterocycles. The number of rotatable bonds is 2. The molecule has 0 saturated carbocycles. The molecule has 0 aliphatic carbocycles. The van der Waals surface area contributed by atoms with Gasteiger partial charge in [0.15, 0.2) is 0 Å². The Morgan fingerprint density at radius 3 is 2.64 bits per heavy atom. The number of piperidine rings is 1. The van der Waals surface area contributed by atoms with Crippen molar-refractivity contribution in [3.8, 4) is 0 Å². The Morgan fingerprint density at radius 2 is 2.05 bits per heavy atom. The van der Waals surface area contributed by atoms with Gasteiger partial charge in [0.05, 0.1) is 11.9 Å². The Bertz CT molecular complexity index is 800. The van der Waals surface area contributed by atoms with Gasteiger partial charge in [-0.2, -0.15) is 5.10 Å². The molecule has 0 radical (unpaired) electrons. The first-order chi connectivity index (χ1) is 10.5. The van der Waals surface area contributed by atoms with E-state index in [1.807, 2.05) is 0 Å². The predicted octanol–water partition coefficient (Wildman–Crippen LogP) is -0.0211. The number of likely N-dealkylation sites (tertiary alicyclic amines) is 1. The minimum atomic E-state index is -0.940. The van der Waals surface area contributed by atoms with Gasteiger partial charge < -0.3 is 20.7 Å². The molecule has 0 unspecified atom stereocenters. The molecule has 1 fully saturated rings. The lowest BCUT2D eigenvalue weighted by Crippen LogP contribution is -2.37. The summed E-state index contributed by atoms with van der Waals surface area (Å²) in [5, 5.41) is 13.1. The lowest BCUT2D eigenvalue weighted by molar-refractivity contribution is 0.100. The molecule has 2 aromatic rings. The first-order valence-corrected chi connectivity index (χ1v) is 6.86. The van der Waals surface area contributed by atoms with Crippen LogP contribution in [0.15, 0.2) is 17.1 Å². The van der Waals surface area contributed by atoms with Crippen LogP contribution in [0.25, 0.3) is 5.65 Å². The van der Waals surface area contributed by atoms with Crippen molar-refractivity contribution in [2.75, 3.05) is 13.1 Å². The summed E-state index contributed by atoms with van der Waals surface area (Å²) in [5.74, 6) is -0.662. The number of aromatic amines is 1. The van der Waals surface area contributed by atoms with Crippen LogP contribution in [0.4, 0.5) is 4.79 Å². The van der Waals surface area contributed by atoms with Gasteiger partial charge in [0.1, 0.15) is 11.2 Å². The topological polar surface area (TPSA) is 134 Å². The maximum absolute atomic E-state index is 11.8. The number of nitrogens with zero attached hydrogens (tertiary/aromatic N) is 3. The van der Waals surface area contributed by atoms with Crippen molar-refractivity contribution in [1.29, 1.82) is 0 Å². The summed E-state index contributed by atoms with van der Waals surface area (Å²) < 4.78 is 1.50. The van der Waals surface area contributed by atoms with Crippen LogP contribution in [0.5, 0.6) is 0 Å². The van der Waals surface area contributed by atoms with Crippen molar-refractivity contribution in [3.63, 3.8) is 0 Å². The number of carbonyl (C=O) groups is 2. The van der Waals surface area contributed by atoms with Crippen LogP contribution in [0, 0.1) is 0 Å². The van der Waals surface area contributed by atoms with Crippen molar-refractivity contribution < 1.29 is 14.7 Å². The van der Waals surface area contributed by atoms with E-state index in [1.54, 1.807) is 0 Å². The van der Waals surface area contributed by atoms with E-state index >= 15 is 0 Å². The lowest BCUT2D eigenvalue weighted by atomic mass is 9.93. The molecular weight excluding hydrogens is 290 g/mol. The van der Waals surface area contributed by atoms with E-state index in [-0.39, 0.29) is 22.7 Å². The van der Waals surface area contributed by atoms with E-state index < -0.39 is 12.0 Å². The number of carbonyl (C=O) groups excluding carboxylic acids is 1. The van der Waals surface area contributed by atoms with Crippen LogP contribution in [0.2, 0.25) is 0 Å². The zero-order valence-electron chi connectivity index (χ0n) is 11.7. The fraction of sp³-hybridized carbons (Fsp3) is 0.385. The Kier molecular flexibility index (Phi) is 3.32. The fourth-order valence-electron chi connectivity index (χ4n) is 2.85. The maximum Gasteiger partial charge on any atom is 0.407 e. The zero-order valence-corrected chi connectivity index (χ0v) is 11.7. The van der Waals surface area contributed by atoms with Gasteiger partial charge >= 0.3 is 6.09 Å². The summed E-state index contributed by atoms with van der Waals surface area (Å²) in [6, 6.07) is 1.44. The molecule has 0 atom stereocenters. The quantitative estimate of drug-likeness (QED) is 0.716. The molecule has 0 aromatic carbocycles. The highest BCUT2D eigenvalue weighted by molar-refractivity contribution is 5.98. The smallest absolute Gasteiger partial charge is 0.407 e. The number of fused-ring (bicyclic) bond motifs is 1. The average Bonchev–Trinajstić information content (AvgIpc) is 2.90. The van der Waals surface area contributed by atoms with Gasteiger partial charge in [0.2, 0.25) is 0 Å². The second-order valence-corrected chi connectivity index (χ2v) is 5.29. The fourth-order valence-corrected chi connectivity index (χ4v) is 2.85. The normalized spacial score (nSPS) is 16.1. The standard InChI is InChI=1S/C13H15N5O4/c14-11(20)8-6-15-18-9(5-10(19)16-12(8)18)7-1-3-17(4-2-7)13(21)22/h5-7H,1-4H2,(H2,14,20)(H,16,19)(H,21,22). The van der Waals surface area contributed by atoms with Crippen molar-refractivity contribution in [2.45, 2.75) is 18.8 Å². The molecule has 1 aliphatic heterocycles. The Morgan fingerprint density at radius 1 is 1.36 bits per heavy atom. The number of carboxylic acid groups (broad SMARTS) is 1. The molecule has 4 N–H and O–H groups in total. The van der Waals surface area contributed by atoms with Gasteiger partial charge in [-0.3, -0.25) is 9.59 Å². The summed E-state index contributed by atoms with van der Waals surface area (Å²) in [4.78, 5) is 38.1. The first kappa shape index (κ1) is 14.1. The molecule has 116 valence electrons. The number of amides is 2. The lowest BCUT2D eigenvalue weighted by Gasteiger charge is -2.30. The third-order valence-electron chi connectivity index (χ3n) is 3.98. The van der Waals surface area contributed by atoms with E-state index in [2.05, 4.69) is 10.1 Å². The molecule has 3 rings (SSSR count). The van der Waals surface area contributed by atoms with Gasteiger partial charge in [-0.25, -0.2) is 9.31 Å². The zero-order chi connectivity index (χ0) is 15.9. The van der Waals surface area contributed by atoms with Crippen LogP contribution in [0.1, 0.15) is 34.8 Å². The molecule has 2 amide bonds. The molecule has 9 nitrogen and oxygen atoms in total.